The molecule has 0 heterocycles. The number of aliphatic hydroxyl groups excluding tert-OH is 1. The molecule has 2 saturated carbocycles. The summed E-state index contributed by atoms with van der Waals surface area (Å²) in [6, 6.07) is 5.62. The maximum Gasteiger partial charge on any atom is 0.203 e. The van der Waals surface area contributed by atoms with Gasteiger partial charge in [0.05, 0.1) is 20.3 Å². The van der Waals surface area contributed by atoms with Crippen molar-refractivity contribution in [1.82, 2.24) is 0 Å². The molecule has 4 heteroatoms. The topological polar surface area (TPSA) is 47.9 Å². The minimum atomic E-state index is -0.226. The zero-order chi connectivity index (χ0) is 14.2. The van der Waals surface area contributed by atoms with Crippen LogP contribution in [0.4, 0.5) is 0 Å². The first-order valence-corrected chi connectivity index (χ1v) is 7.27. The average molecular weight is 278 g/mol. The molecule has 2 atom stereocenters. The molecule has 110 valence electrons. The molecule has 2 aliphatic rings. The highest BCUT2D eigenvalue weighted by atomic mass is 16.5. The molecule has 1 aromatic rings. The molecular weight excluding hydrogens is 256 g/mol. The van der Waals surface area contributed by atoms with Crippen LogP contribution < -0.4 is 14.2 Å². The lowest BCUT2D eigenvalue weighted by molar-refractivity contribution is -0.152. The summed E-state index contributed by atoms with van der Waals surface area (Å²) in [5, 5.41) is 10.2. The molecule has 2 aliphatic carbocycles. The van der Waals surface area contributed by atoms with Crippen LogP contribution in [0.3, 0.4) is 0 Å². The lowest BCUT2D eigenvalue weighted by Crippen LogP contribution is -2.58. The van der Waals surface area contributed by atoms with Crippen molar-refractivity contribution < 1.29 is 19.3 Å². The van der Waals surface area contributed by atoms with Gasteiger partial charge >= 0.3 is 0 Å². The predicted molar refractivity (Wildman–Crippen MR) is 75.5 cm³/mol. The zero-order valence-corrected chi connectivity index (χ0v) is 12.1. The smallest absolute Gasteiger partial charge is 0.203 e. The second-order valence-electron chi connectivity index (χ2n) is 5.79. The lowest BCUT2D eigenvalue weighted by Gasteiger charge is -2.51. The lowest BCUT2D eigenvalue weighted by atomic mass is 9.62. The standard InChI is InChI=1S/C16H22O4/c1-18-11-6-5-7-12(19-2)15(11)20-14-10-13(17)16(14)8-3-4-9-16/h5-7,13-14,17H,3-4,8-10H2,1-2H3. The first kappa shape index (κ1) is 13.6. The van der Waals surface area contributed by atoms with Crippen LogP contribution in [0.2, 0.25) is 0 Å². The number of hydrogen-bond donors (Lipinski definition) is 1. The van der Waals surface area contributed by atoms with E-state index in [1.807, 2.05) is 18.2 Å². The van der Waals surface area contributed by atoms with E-state index >= 15 is 0 Å². The molecular formula is C16H22O4. The third-order valence-corrected chi connectivity index (χ3v) is 4.92. The molecule has 0 aromatic heterocycles. The maximum atomic E-state index is 10.2. The Hall–Kier alpha value is -1.42. The van der Waals surface area contributed by atoms with E-state index in [2.05, 4.69) is 0 Å². The third-order valence-electron chi connectivity index (χ3n) is 4.92. The monoisotopic (exact) mass is 278 g/mol. The Bertz CT molecular complexity index is 457. The average Bonchev–Trinajstić information content (AvgIpc) is 2.99. The van der Waals surface area contributed by atoms with E-state index in [4.69, 9.17) is 14.2 Å². The number of methoxy groups -OCH3 is 2. The van der Waals surface area contributed by atoms with E-state index in [0.29, 0.717) is 23.7 Å². The first-order valence-electron chi connectivity index (χ1n) is 7.27. The number of benzene rings is 1. The summed E-state index contributed by atoms with van der Waals surface area (Å²) >= 11 is 0. The first-order chi connectivity index (χ1) is 9.71. The van der Waals surface area contributed by atoms with Crippen LogP contribution in [0, 0.1) is 5.41 Å². The molecule has 0 aliphatic heterocycles. The Balaban J connectivity index is 1.85. The minimum Gasteiger partial charge on any atom is -0.493 e. The molecule has 1 N–H and O–H groups in total. The maximum absolute atomic E-state index is 10.2. The normalized spacial score (nSPS) is 27.1. The fourth-order valence-corrected chi connectivity index (χ4v) is 3.66. The van der Waals surface area contributed by atoms with Gasteiger partial charge in [-0.25, -0.2) is 0 Å². The summed E-state index contributed by atoms with van der Waals surface area (Å²) < 4.78 is 16.9. The fourth-order valence-electron chi connectivity index (χ4n) is 3.66. The molecule has 2 fully saturated rings. The zero-order valence-electron chi connectivity index (χ0n) is 12.1. The predicted octanol–water partition coefficient (Wildman–Crippen LogP) is 2.78. The molecule has 1 aromatic carbocycles. The van der Waals surface area contributed by atoms with E-state index in [1.165, 1.54) is 12.8 Å². The van der Waals surface area contributed by atoms with Gasteiger partial charge in [-0.2, -0.15) is 0 Å². The Morgan fingerprint density at radius 1 is 1.10 bits per heavy atom. The van der Waals surface area contributed by atoms with Gasteiger partial charge in [-0.1, -0.05) is 18.9 Å². The highest BCUT2D eigenvalue weighted by Gasteiger charge is 2.57. The Morgan fingerprint density at radius 3 is 2.20 bits per heavy atom. The Morgan fingerprint density at radius 2 is 1.70 bits per heavy atom. The van der Waals surface area contributed by atoms with E-state index in [9.17, 15) is 5.11 Å². The molecule has 2 unspecified atom stereocenters. The number of ether oxygens (including phenoxy) is 3. The second kappa shape index (κ2) is 5.17. The van der Waals surface area contributed by atoms with E-state index in [1.54, 1.807) is 14.2 Å². The molecule has 4 nitrogen and oxygen atoms in total. The molecule has 20 heavy (non-hydrogen) atoms. The van der Waals surface area contributed by atoms with Gasteiger partial charge in [-0.05, 0) is 25.0 Å². The van der Waals surface area contributed by atoms with Crippen LogP contribution in [-0.4, -0.2) is 31.5 Å². The van der Waals surface area contributed by atoms with Crippen molar-refractivity contribution in [2.45, 2.75) is 44.3 Å². The number of aliphatic hydroxyl groups is 1. The van der Waals surface area contributed by atoms with Gasteiger partial charge in [0.25, 0.3) is 0 Å². The van der Waals surface area contributed by atoms with Crippen LogP contribution >= 0.6 is 0 Å². The largest absolute Gasteiger partial charge is 0.493 e. The highest BCUT2D eigenvalue weighted by molar-refractivity contribution is 5.51. The van der Waals surface area contributed by atoms with Gasteiger partial charge in [0, 0.05) is 11.8 Å². The molecule has 0 saturated heterocycles. The molecule has 1 spiro atoms. The van der Waals surface area contributed by atoms with Gasteiger partial charge in [0.1, 0.15) is 6.10 Å². The van der Waals surface area contributed by atoms with E-state index in [0.717, 1.165) is 12.8 Å². The summed E-state index contributed by atoms with van der Waals surface area (Å²) in [5.74, 6) is 2.01. The Labute approximate surface area is 119 Å². The van der Waals surface area contributed by atoms with Crippen molar-refractivity contribution in [3.63, 3.8) is 0 Å². The summed E-state index contributed by atoms with van der Waals surface area (Å²) in [4.78, 5) is 0. The molecule has 0 radical (unpaired) electrons. The second-order valence-corrected chi connectivity index (χ2v) is 5.79. The molecule has 0 amide bonds. The Kier molecular flexibility index (Phi) is 3.50. The van der Waals surface area contributed by atoms with Gasteiger partial charge in [-0.15, -0.1) is 0 Å². The van der Waals surface area contributed by atoms with Gasteiger partial charge in [-0.3, -0.25) is 0 Å². The van der Waals surface area contributed by atoms with Crippen LogP contribution in [0.5, 0.6) is 17.2 Å². The number of para-hydroxylation sites is 1. The summed E-state index contributed by atoms with van der Waals surface area (Å²) in [5.41, 5.74) is -0.0497. The van der Waals surface area contributed by atoms with Crippen molar-refractivity contribution in [1.29, 1.82) is 0 Å². The van der Waals surface area contributed by atoms with Gasteiger partial charge in [0.2, 0.25) is 5.75 Å². The quantitative estimate of drug-likeness (QED) is 0.920. The van der Waals surface area contributed by atoms with Crippen LogP contribution in [-0.2, 0) is 0 Å². The highest BCUT2D eigenvalue weighted by Crippen LogP contribution is 2.55. The van der Waals surface area contributed by atoms with Crippen LogP contribution in [0.1, 0.15) is 32.1 Å². The van der Waals surface area contributed by atoms with Crippen LogP contribution in [0.15, 0.2) is 18.2 Å². The number of hydrogen-bond acceptors (Lipinski definition) is 4. The van der Waals surface area contributed by atoms with Gasteiger partial charge in [0.15, 0.2) is 11.5 Å². The number of rotatable bonds is 4. The summed E-state index contributed by atoms with van der Waals surface area (Å²) in [7, 11) is 3.26. The molecule has 0 bridgehead atoms. The van der Waals surface area contributed by atoms with Crippen LogP contribution in [0.25, 0.3) is 0 Å². The SMILES string of the molecule is COc1cccc(OC)c1OC1CC(O)C12CCCC2. The van der Waals surface area contributed by atoms with Crippen molar-refractivity contribution in [2.24, 2.45) is 5.41 Å². The van der Waals surface area contributed by atoms with Crippen molar-refractivity contribution in [3.8, 4) is 17.2 Å². The van der Waals surface area contributed by atoms with E-state index in [-0.39, 0.29) is 17.6 Å². The van der Waals surface area contributed by atoms with Gasteiger partial charge < -0.3 is 19.3 Å². The molecule has 3 rings (SSSR count). The van der Waals surface area contributed by atoms with Crippen molar-refractivity contribution in [2.75, 3.05) is 14.2 Å². The summed E-state index contributed by atoms with van der Waals surface area (Å²) in [6.07, 6.45) is 4.99. The third kappa shape index (κ3) is 1.94. The summed E-state index contributed by atoms with van der Waals surface area (Å²) in [6.45, 7) is 0. The minimum absolute atomic E-state index is 0.0497. The van der Waals surface area contributed by atoms with Crippen molar-refractivity contribution >= 4 is 0 Å². The van der Waals surface area contributed by atoms with E-state index < -0.39 is 0 Å². The van der Waals surface area contributed by atoms with Crippen molar-refractivity contribution in [3.05, 3.63) is 18.2 Å². The fraction of sp³-hybridized carbons (Fsp3) is 0.625.